The lowest BCUT2D eigenvalue weighted by Crippen LogP contribution is -2.46. The van der Waals surface area contributed by atoms with Gasteiger partial charge in [-0.1, -0.05) is 12.1 Å². The minimum absolute atomic E-state index is 0.130. The van der Waals surface area contributed by atoms with Gasteiger partial charge in [0.05, 0.1) is 7.11 Å². The molecule has 0 radical (unpaired) electrons. The summed E-state index contributed by atoms with van der Waals surface area (Å²) in [6.45, 7) is 10.6. The Labute approximate surface area is 118 Å². The normalized spacial score (nSPS) is 12.0. The Bertz CT molecular complexity index is 404. The predicted molar refractivity (Wildman–Crippen MR) is 81.9 cm³/mol. The van der Waals surface area contributed by atoms with Crippen LogP contribution >= 0.6 is 0 Å². The Hall–Kier alpha value is -1.06. The minimum Gasteiger partial charge on any atom is -0.496 e. The smallest absolute Gasteiger partial charge is 0.124 e. The summed E-state index contributed by atoms with van der Waals surface area (Å²) in [5.41, 5.74) is 3.88. The number of nitrogens with one attached hydrogen (secondary N) is 1. The third-order valence-corrected chi connectivity index (χ3v) is 3.52. The molecule has 0 saturated heterocycles. The Kier molecular flexibility index (Phi) is 5.39. The van der Waals surface area contributed by atoms with E-state index < -0.39 is 0 Å². The number of hydrogen-bond donors (Lipinski definition) is 1. The third kappa shape index (κ3) is 4.51. The van der Waals surface area contributed by atoms with E-state index in [1.54, 1.807) is 7.11 Å². The number of nitrogens with zero attached hydrogens (tertiary/aromatic N) is 1. The Morgan fingerprint density at radius 3 is 2.16 bits per heavy atom. The van der Waals surface area contributed by atoms with Crippen molar-refractivity contribution in [2.45, 2.75) is 39.8 Å². The van der Waals surface area contributed by atoms with Crippen molar-refractivity contribution in [1.82, 2.24) is 10.2 Å². The predicted octanol–water partition coefficient (Wildman–Crippen LogP) is 2.74. The SMILES string of the molecule is CNC(C)(C)CN(C)Cc1cc(C)c(OC)c(C)c1. The monoisotopic (exact) mass is 264 g/mol. The van der Waals surface area contributed by atoms with Crippen LogP contribution in [0.5, 0.6) is 5.75 Å². The van der Waals surface area contributed by atoms with Gasteiger partial charge in [0.2, 0.25) is 0 Å². The number of ether oxygens (including phenoxy) is 1. The van der Waals surface area contributed by atoms with E-state index >= 15 is 0 Å². The quantitative estimate of drug-likeness (QED) is 0.855. The molecule has 0 spiro atoms. The summed E-state index contributed by atoms with van der Waals surface area (Å²) in [5.74, 6) is 1.00. The number of likely N-dealkylation sites (N-methyl/N-ethyl adjacent to an activating group) is 2. The van der Waals surface area contributed by atoms with Crippen LogP contribution in [-0.2, 0) is 6.54 Å². The molecule has 3 nitrogen and oxygen atoms in total. The molecule has 1 aromatic rings. The lowest BCUT2D eigenvalue weighted by molar-refractivity contribution is 0.238. The first-order valence-corrected chi connectivity index (χ1v) is 6.80. The molecule has 0 saturated carbocycles. The number of methoxy groups -OCH3 is 1. The van der Waals surface area contributed by atoms with Gasteiger partial charge < -0.3 is 15.0 Å². The van der Waals surface area contributed by atoms with Crippen molar-refractivity contribution in [2.75, 3.05) is 27.7 Å². The summed E-state index contributed by atoms with van der Waals surface area (Å²) in [6, 6.07) is 4.43. The fourth-order valence-corrected chi connectivity index (χ4v) is 2.57. The van der Waals surface area contributed by atoms with Crippen molar-refractivity contribution >= 4 is 0 Å². The van der Waals surface area contributed by atoms with Gasteiger partial charge in [-0.3, -0.25) is 0 Å². The Balaban J connectivity index is 2.78. The zero-order valence-electron chi connectivity index (χ0n) is 13.4. The van der Waals surface area contributed by atoms with Crippen LogP contribution < -0.4 is 10.1 Å². The van der Waals surface area contributed by atoms with Crippen molar-refractivity contribution < 1.29 is 4.74 Å². The largest absolute Gasteiger partial charge is 0.496 e. The number of hydrogen-bond acceptors (Lipinski definition) is 3. The van der Waals surface area contributed by atoms with Crippen LogP contribution in [0.25, 0.3) is 0 Å². The summed E-state index contributed by atoms with van der Waals surface area (Å²) in [4.78, 5) is 2.34. The van der Waals surface area contributed by atoms with E-state index in [1.165, 1.54) is 16.7 Å². The summed E-state index contributed by atoms with van der Waals surface area (Å²) >= 11 is 0. The van der Waals surface area contributed by atoms with Gasteiger partial charge in [0.1, 0.15) is 5.75 Å². The maximum Gasteiger partial charge on any atom is 0.124 e. The van der Waals surface area contributed by atoms with E-state index in [0.717, 1.165) is 18.8 Å². The van der Waals surface area contributed by atoms with Gasteiger partial charge in [0.15, 0.2) is 0 Å². The number of aryl methyl sites for hydroxylation is 2. The van der Waals surface area contributed by atoms with Gasteiger partial charge in [-0.15, -0.1) is 0 Å². The molecule has 0 bridgehead atoms. The van der Waals surface area contributed by atoms with Crippen molar-refractivity contribution in [1.29, 1.82) is 0 Å². The molecule has 108 valence electrons. The van der Waals surface area contributed by atoms with Gasteiger partial charge in [-0.25, -0.2) is 0 Å². The molecule has 1 aromatic carbocycles. The van der Waals surface area contributed by atoms with Crippen LogP contribution in [0.4, 0.5) is 0 Å². The third-order valence-electron chi connectivity index (χ3n) is 3.52. The molecule has 19 heavy (non-hydrogen) atoms. The van der Waals surface area contributed by atoms with Crippen LogP contribution in [0.1, 0.15) is 30.5 Å². The lowest BCUT2D eigenvalue weighted by atomic mass is 10.0. The van der Waals surface area contributed by atoms with Gasteiger partial charge in [-0.05, 0) is 58.5 Å². The summed E-state index contributed by atoms with van der Waals surface area (Å²) in [7, 11) is 5.90. The highest BCUT2D eigenvalue weighted by molar-refractivity contribution is 5.43. The van der Waals surface area contributed by atoms with E-state index in [1.807, 2.05) is 7.05 Å². The van der Waals surface area contributed by atoms with Crippen LogP contribution in [-0.4, -0.2) is 38.2 Å². The highest BCUT2D eigenvalue weighted by atomic mass is 16.5. The van der Waals surface area contributed by atoms with E-state index in [9.17, 15) is 0 Å². The first-order valence-electron chi connectivity index (χ1n) is 6.80. The van der Waals surface area contributed by atoms with Crippen molar-refractivity contribution in [3.05, 3.63) is 28.8 Å². The second kappa shape index (κ2) is 6.40. The second-order valence-electron chi connectivity index (χ2n) is 6.07. The molecule has 0 aliphatic heterocycles. The molecule has 0 amide bonds. The zero-order chi connectivity index (χ0) is 14.6. The van der Waals surface area contributed by atoms with Crippen molar-refractivity contribution in [2.24, 2.45) is 0 Å². The molecule has 0 atom stereocenters. The number of benzene rings is 1. The average Bonchev–Trinajstić information content (AvgIpc) is 2.27. The molecule has 0 aliphatic rings. The van der Waals surface area contributed by atoms with Crippen molar-refractivity contribution in [3.8, 4) is 5.75 Å². The molecule has 1 N–H and O–H groups in total. The molecular weight excluding hydrogens is 236 g/mol. The molecule has 0 aromatic heterocycles. The zero-order valence-corrected chi connectivity index (χ0v) is 13.4. The number of rotatable bonds is 6. The maximum absolute atomic E-state index is 5.41. The van der Waals surface area contributed by atoms with Gasteiger partial charge >= 0.3 is 0 Å². The topological polar surface area (TPSA) is 24.5 Å². The molecular formula is C16H28N2O. The highest BCUT2D eigenvalue weighted by Crippen LogP contribution is 2.24. The summed E-state index contributed by atoms with van der Waals surface area (Å²) < 4.78 is 5.41. The molecule has 0 fully saturated rings. The molecule has 1 rings (SSSR count). The molecule has 0 heterocycles. The first-order chi connectivity index (χ1) is 8.79. The first kappa shape index (κ1) is 16.0. The van der Waals surface area contributed by atoms with Gasteiger partial charge in [-0.2, -0.15) is 0 Å². The summed E-state index contributed by atoms with van der Waals surface area (Å²) in [6.07, 6.45) is 0. The standard InChI is InChI=1S/C16H28N2O/c1-12-8-14(9-13(2)15(12)19-7)10-18(6)11-16(3,4)17-5/h8-9,17H,10-11H2,1-7H3. The van der Waals surface area contributed by atoms with E-state index in [-0.39, 0.29) is 5.54 Å². The Morgan fingerprint density at radius 2 is 1.74 bits per heavy atom. The van der Waals surface area contributed by atoms with Crippen LogP contribution in [0.3, 0.4) is 0 Å². The summed E-state index contributed by atoms with van der Waals surface area (Å²) in [5, 5.41) is 3.34. The van der Waals surface area contributed by atoms with Crippen LogP contribution in [0.2, 0.25) is 0 Å². The van der Waals surface area contributed by atoms with E-state index in [0.29, 0.717) is 0 Å². The Morgan fingerprint density at radius 1 is 1.21 bits per heavy atom. The lowest BCUT2D eigenvalue weighted by Gasteiger charge is -2.30. The van der Waals surface area contributed by atoms with Crippen LogP contribution in [0, 0.1) is 13.8 Å². The van der Waals surface area contributed by atoms with Crippen molar-refractivity contribution in [3.63, 3.8) is 0 Å². The van der Waals surface area contributed by atoms with Gasteiger partial charge in [0, 0.05) is 18.6 Å². The van der Waals surface area contributed by atoms with Crippen LogP contribution in [0.15, 0.2) is 12.1 Å². The average molecular weight is 264 g/mol. The minimum atomic E-state index is 0.130. The molecule has 0 unspecified atom stereocenters. The van der Waals surface area contributed by atoms with Gasteiger partial charge in [0.25, 0.3) is 0 Å². The maximum atomic E-state index is 5.41. The highest BCUT2D eigenvalue weighted by Gasteiger charge is 2.17. The fraction of sp³-hybridized carbons (Fsp3) is 0.625. The van der Waals surface area contributed by atoms with E-state index in [4.69, 9.17) is 4.74 Å². The fourth-order valence-electron chi connectivity index (χ4n) is 2.57. The molecule has 3 heteroatoms. The second-order valence-corrected chi connectivity index (χ2v) is 6.07. The molecule has 0 aliphatic carbocycles. The van der Waals surface area contributed by atoms with E-state index in [2.05, 4.69) is 57.1 Å².